The molecule has 1 aromatic heterocycles. The molecule has 0 aliphatic rings. The van der Waals surface area contributed by atoms with Gasteiger partial charge in [0.2, 0.25) is 0 Å². The molecule has 2 rings (SSSR count). The lowest BCUT2D eigenvalue weighted by atomic mass is 10.2. The Labute approximate surface area is 111 Å². The first kappa shape index (κ1) is 12.6. The Kier molecular flexibility index (Phi) is 3.62. The second kappa shape index (κ2) is 5.18. The smallest absolute Gasteiger partial charge is 0.287 e. The zero-order chi connectivity index (χ0) is 13.1. The third-order valence-corrected chi connectivity index (χ3v) is 2.58. The van der Waals surface area contributed by atoms with E-state index >= 15 is 0 Å². The molecule has 0 saturated heterocycles. The van der Waals surface area contributed by atoms with E-state index in [1.165, 1.54) is 6.07 Å². The van der Waals surface area contributed by atoms with E-state index in [-0.39, 0.29) is 17.7 Å². The van der Waals surface area contributed by atoms with E-state index in [1.54, 1.807) is 24.3 Å². The predicted octanol–water partition coefficient (Wildman–Crippen LogP) is 2.43. The van der Waals surface area contributed by atoms with E-state index in [4.69, 9.17) is 4.42 Å². The lowest BCUT2D eigenvalue weighted by molar-refractivity contribution is 0.0931. The Hall–Kier alpha value is -1.88. The van der Waals surface area contributed by atoms with Crippen molar-refractivity contribution in [1.82, 2.24) is 5.32 Å². The van der Waals surface area contributed by atoms with Gasteiger partial charge in [-0.2, -0.15) is 0 Å². The highest BCUT2D eigenvalue weighted by molar-refractivity contribution is 9.11. The summed E-state index contributed by atoms with van der Waals surface area (Å²) in [6.07, 6.45) is 0. The van der Waals surface area contributed by atoms with Gasteiger partial charge >= 0.3 is 0 Å². The van der Waals surface area contributed by atoms with Gasteiger partial charge in [-0.1, -0.05) is 34.6 Å². The highest BCUT2D eigenvalue weighted by Gasteiger charge is 2.11. The minimum Gasteiger partial charge on any atom is -0.451 e. The zero-order valence-electron chi connectivity index (χ0n) is 9.40. The van der Waals surface area contributed by atoms with Gasteiger partial charge in [0, 0.05) is 17.1 Å². The summed E-state index contributed by atoms with van der Waals surface area (Å²) in [6.45, 7) is 3.87. The number of para-hydroxylation sites is 1. The molecule has 0 atom stereocenters. The van der Waals surface area contributed by atoms with Crippen molar-refractivity contribution in [1.29, 1.82) is 0 Å². The van der Waals surface area contributed by atoms with Crippen molar-refractivity contribution in [2.24, 2.45) is 0 Å². The molecule has 5 heteroatoms. The van der Waals surface area contributed by atoms with Crippen molar-refractivity contribution < 1.29 is 9.21 Å². The molecule has 4 nitrogen and oxygen atoms in total. The third kappa shape index (κ3) is 2.68. The number of halogens is 1. The summed E-state index contributed by atoms with van der Waals surface area (Å²) in [5.41, 5.74) is 0.160. The van der Waals surface area contributed by atoms with Gasteiger partial charge < -0.3 is 9.73 Å². The summed E-state index contributed by atoms with van der Waals surface area (Å²) in [7, 11) is 0. The molecule has 0 spiro atoms. The van der Waals surface area contributed by atoms with Gasteiger partial charge in [0.25, 0.3) is 5.91 Å². The van der Waals surface area contributed by atoms with Crippen LogP contribution < -0.4 is 10.7 Å². The molecule has 0 aliphatic carbocycles. The molecular weight excluding hydrogens is 298 g/mol. The third-order valence-electron chi connectivity index (χ3n) is 2.30. The number of fused-ring (bicyclic) bond motifs is 1. The zero-order valence-corrected chi connectivity index (χ0v) is 11.0. The van der Waals surface area contributed by atoms with E-state index in [2.05, 4.69) is 27.8 Å². The molecule has 0 bridgehead atoms. The molecule has 0 unspecified atom stereocenters. The van der Waals surface area contributed by atoms with E-state index < -0.39 is 5.91 Å². The van der Waals surface area contributed by atoms with E-state index in [1.807, 2.05) is 0 Å². The fraction of sp³-hybridized carbons (Fsp3) is 0.0769. The van der Waals surface area contributed by atoms with Crippen LogP contribution in [0.2, 0.25) is 0 Å². The molecule has 0 radical (unpaired) electrons. The maximum absolute atomic E-state index is 11.8. The summed E-state index contributed by atoms with van der Waals surface area (Å²) in [5, 5.41) is 3.03. The number of hydrogen-bond donors (Lipinski definition) is 1. The van der Waals surface area contributed by atoms with Gasteiger partial charge in [0.05, 0.1) is 5.39 Å². The number of carbonyl (C=O) groups is 1. The van der Waals surface area contributed by atoms with Crippen LogP contribution in [0.15, 0.2) is 50.6 Å². The standard InChI is InChI=1S/C13H10BrNO3/c1-8(14)7-15-13(17)12-6-10(16)9-4-2-3-5-11(9)18-12/h2-6H,1,7H2,(H,15,17). The lowest BCUT2D eigenvalue weighted by Crippen LogP contribution is -2.25. The van der Waals surface area contributed by atoms with Crippen LogP contribution in [0.5, 0.6) is 0 Å². The van der Waals surface area contributed by atoms with Crippen LogP contribution in [0.1, 0.15) is 10.6 Å². The fourth-order valence-electron chi connectivity index (χ4n) is 1.48. The van der Waals surface area contributed by atoms with Crippen molar-refractivity contribution >= 4 is 32.8 Å². The second-order valence-electron chi connectivity index (χ2n) is 3.67. The number of nitrogens with one attached hydrogen (secondary N) is 1. The maximum Gasteiger partial charge on any atom is 0.287 e. The first-order valence-corrected chi connectivity index (χ1v) is 6.01. The SMILES string of the molecule is C=C(Br)CNC(=O)c1cc(=O)c2ccccc2o1. The quantitative estimate of drug-likeness (QED) is 0.947. The minimum absolute atomic E-state index is 0.00699. The number of amides is 1. The van der Waals surface area contributed by atoms with Crippen LogP contribution in [0, 0.1) is 0 Å². The number of hydrogen-bond acceptors (Lipinski definition) is 3. The first-order valence-electron chi connectivity index (χ1n) is 5.22. The Morgan fingerprint density at radius 1 is 1.39 bits per heavy atom. The van der Waals surface area contributed by atoms with Gasteiger partial charge in [0.15, 0.2) is 11.2 Å². The van der Waals surface area contributed by atoms with Gasteiger partial charge in [0.1, 0.15) is 5.58 Å². The molecular formula is C13H10BrNO3. The molecule has 92 valence electrons. The molecule has 1 aromatic carbocycles. The summed E-state index contributed by atoms with van der Waals surface area (Å²) in [5.74, 6) is -0.453. The van der Waals surface area contributed by atoms with Gasteiger partial charge in [-0.25, -0.2) is 0 Å². The monoisotopic (exact) mass is 307 g/mol. The molecule has 2 aromatic rings. The molecule has 18 heavy (non-hydrogen) atoms. The summed E-state index contributed by atoms with van der Waals surface area (Å²) >= 11 is 3.13. The normalized spacial score (nSPS) is 10.3. The lowest BCUT2D eigenvalue weighted by Gasteiger charge is -2.04. The average Bonchev–Trinajstić information content (AvgIpc) is 2.36. The van der Waals surface area contributed by atoms with Crippen LogP contribution in [0.25, 0.3) is 11.0 Å². The van der Waals surface area contributed by atoms with Crippen molar-refractivity contribution in [2.75, 3.05) is 6.54 Å². The van der Waals surface area contributed by atoms with E-state index in [0.717, 1.165) is 0 Å². The first-order chi connectivity index (χ1) is 8.58. The minimum atomic E-state index is -0.446. The van der Waals surface area contributed by atoms with Crippen LogP contribution in [0.4, 0.5) is 0 Å². The molecule has 1 heterocycles. The number of rotatable bonds is 3. The number of benzene rings is 1. The molecule has 0 aliphatic heterocycles. The van der Waals surface area contributed by atoms with Gasteiger partial charge in [-0.15, -0.1) is 0 Å². The Morgan fingerprint density at radius 2 is 2.11 bits per heavy atom. The average molecular weight is 308 g/mol. The molecule has 1 N–H and O–H groups in total. The largest absolute Gasteiger partial charge is 0.451 e. The topological polar surface area (TPSA) is 59.3 Å². The van der Waals surface area contributed by atoms with Crippen molar-refractivity contribution in [3.8, 4) is 0 Å². The second-order valence-corrected chi connectivity index (χ2v) is 4.79. The number of carbonyl (C=O) groups excluding carboxylic acids is 1. The maximum atomic E-state index is 11.8. The van der Waals surface area contributed by atoms with Crippen LogP contribution in [0.3, 0.4) is 0 Å². The van der Waals surface area contributed by atoms with Crippen LogP contribution in [-0.2, 0) is 0 Å². The Bertz CT molecular complexity index is 675. The van der Waals surface area contributed by atoms with Crippen molar-refractivity contribution in [2.45, 2.75) is 0 Å². The van der Waals surface area contributed by atoms with E-state index in [0.29, 0.717) is 15.5 Å². The van der Waals surface area contributed by atoms with Gasteiger partial charge in [-0.05, 0) is 12.1 Å². The van der Waals surface area contributed by atoms with Gasteiger partial charge in [-0.3, -0.25) is 9.59 Å². The Morgan fingerprint density at radius 3 is 2.83 bits per heavy atom. The van der Waals surface area contributed by atoms with Crippen molar-refractivity contribution in [3.05, 3.63) is 57.4 Å². The predicted molar refractivity (Wildman–Crippen MR) is 72.9 cm³/mol. The molecule has 0 fully saturated rings. The van der Waals surface area contributed by atoms with Crippen LogP contribution in [-0.4, -0.2) is 12.5 Å². The highest BCUT2D eigenvalue weighted by Crippen LogP contribution is 2.11. The van der Waals surface area contributed by atoms with Crippen molar-refractivity contribution in [3.63, 3.8) is 0 Å². The fourth-order valence-corrected chi connectivity index (χ4v) is 1.62. The molecule has 0 saturated carbocycles. The molecule has 1 amide bonds. The highest BCUT2D eigenvalue weighted by atomic mass is 79.9. The summed E-state index contributed by atoms with van der Waals surface area (Å²) < 4.78 is 6.02. The summed E-state index contributed by atoms with van der Waals surface area (Å²) in [6, 6.07) is 7.98. The summed E-state index contributed by atoms with van der Waals surface area (Å²) in [4.78, 5) is 23.5. The Balaban J connectivity index is 2.37. The van der Waals surface area contributed by atoms with Crippen LogP contribution >= 0.6 is 15.9 Å². The van der Waals surface area contributed by atoms with E-state index in [9.17, 15) is 9.59 Å².